The van der Waals surface area contributed by atoms with Gasteiger partial charge in [0.1, 0.15) is 17.7 Å². The minimum absolute atomic E-state index is 0.147. The van der Waals surface area contributed by atoms with Gasteiger partial charge in [0.2, 0.25) is 17.7 Å². The number of nitrogens with one attached hydrogen (secondary N) is 2. The molecule has 0 aliphatic heterocycles. The molecule has 3 atom stereocenters. The van der Waals surface area contributed by atoms with Gasteiger partial charge in [-0.15, -0.1) is 0 Å². The third-order valence-corrected chi connectivity index (χ3v) is 5.17. The smallest absolute Gasteiger partial charge is 0.408 e. The number of nitrogens with zero attached hydrogens (tertiary/aromatic N) is 1. The molecule has 10 nitrogen and oxygen atoms in total. The Hall–Kier alpha value is -3.14. The predicted octanol–water partition coefficient (Wildman–Crippen LogP) is 1.93. The van der Waals surface area contributed by atoms with Gasteiger partial charge in [0.25, 0.3) is 0 Å². The summed E-state index contributed by atoms with van der Waals surface area (Å²) < 4.78 is 5.23. The average Bonchev–Trinajstić information content (AvgIpc) is 2.72. The summed E-state index contributed by atoms with van der Waals surface area (Å²) in [6.07, 6.45) is 0.185. The van der Waals surface area contributed by atoms with Gasteiger partial charge in [0.15, 0.2) is 0 Å². The summed E-state index contributed by atoms with van der Waals surface area (Å²) in [4.78, 5) is 52.4. The highest BCUT2D eigenvalue weighted by atomic mass is 16.6. The number of ether oxygens (including phenoxy) is 1. The van der Waals surface area contributed by atoms with E-state index >= 15 is 0 Å². The number of rotatable bonds is 12. The molecular weight excluding hydrogens is 452 g/mol. The zero-order valence-electron chi connectivity index (χ0n) is 21.6. The van der Waals surface area contributed by atoms with Gasteiger partial charge in [-0.05, 0) is 52.2 Å². The highest BCUT2D eigenvalue weighted by molar-refractivity contribution is 5.94. The summed E-state index contributed by atoms with van der Waals surface area (Å²) in [5.74, 6) is -2.00. The quantitative estimate of drug-likeness (QED) is 0.350. The van der Waals surface area contributed by atoms with Crippen molar-refractivity contribution in [1.82, 2.24) is 15.5 Å². The van der Waals surface area contributed by atoms with Crippen molar-refractivity contribution in [3.8, 4) is 0 Å². The van der Waals surface area contributed by atoms with Crippen molar-refractivity contribution in [2.24, 2.45) is 5.73 Å². The lowest BCUT2D eigenvalue weighted by Gasteiger charge is -2.35. The SMILES string of the molecule is CCCC(C)NC(=O)C(c1ccccc1C)N(CCO)C(=O)C(CC(N)=O)NC(=O)OC(C)(C)C. The molecule has 0 saturated carbocycles. The largest absolute Gasteiger partial charge is 0.444 e. The Balaban J connectivity index is 3.45. The molecule has 0 aliphatic carbocycles. The topological polar surface area (TPSA) is 151 Å². The highest BCUT2D eigenvalue weighted by Crippen LogP contribution is 2.26. The van der Waals surface area contributed by atoms with Crippen LogP contribution in [0.15, 0.2) is 24.3 Å². The number of nitrogens with two attached hydrogens (primary N) is 1. The summed E-state index contributed by atoms with van der Waals surface area (Å²) in [6.45, 7) is 10.0. The second-order valence-electron chi connectivity index (χ2n) is 9.58. The van der Waals surface area contributed by atoms with Gasteiger partial charge in [-0.1, -0.05) is 37.6 Å². The zero-order chi connectivity index (χ0) is 26.8. The van der Waals surface area contributed by atoms with E-state index in [-0.39, 0.29) is 12.6 Å². The molecule has 1 rings (SSSR count). The summed E-state index contributed by atoms with van der Waals surface area (Å²) >= 11 is 0. The summed E-state index contributed by atoms with van der Waals surface area (Å²) in [7, 11) is 0. The molecule has 1 aromatic rings. The monoisotopic (exact) mass is 492 g/mol. The fourth-order valence-corrected chi connectivity index (χ4v) is 3.70. The maximum atomic E-state index is 13.7. The van der Waals surface area contributed by atoms with Gasteiger partial charge >= 0.3 is 6.09 Å². The van der Waals surface area contributed by atoms with Crippen molar-refractivity contribution in [3.63, 3.8) is 0 Å². The molecule has 10 heteroatoms. The first-order valence-corrected chi connectivity index (χ1v) is 11.9. The first-order valence-electron chi connectivity index (χ1n) is 11.9. The minimum Gasteiger partial charge on any atom is -0.444 e. The van der Waals surface area contributed by atoms with E-state index in [0.29, 0.717) is 5.56 Å². The first kappa shape index (κ1) is 29.9. The van der Waals surface area contributed by atoms with Crippen molar-refractivity contribution in [1.29, 1.82) is 0 Å². The molecule has 196 valence electrons. The van der Waals surface area contributed by atoms with E-state index in [1.807, 2.05) is 32.9 Å². The van der Waals surface area contributed by atoms with Gasteiger partial charge < -0.3 is 31.1 Å². The molecule has 0 aliphatic rings. The number of carbonyl (C=O) groups is 4. The molecule has 0 fully saturated rings. The van der Waals surface area contributed by atoms with Crippen molar-refractivity contribution in [2.75, 3.05) is 13.2 Å². The van der Waals surface area contributed by atoms with Crippen LogP contribution in [0.2, 0.25) is 0 Å². The molecule has 3 unspecified atom stereocenters. The number of amides is 4. The Bertz CT molecular complexity index is 883. The average molecular weight is 493 g/mol. The maximum absolute atomic E-state index is 13.7. The number of aliphatic hydroxyl groups excluding tert-OH is 1. The number of hydrogen-bond acceptors (Lipinski definition) is 6. The molecule has 0 spiro atoms. The van der Waals surface area contributed by atoms with Gasteiger partial charge in [-0.3, -0.25) is 14.4 Å². The standard InChI is InChI=1S/C25H40N4O6/c1-7-10-17(3)27-22(32)21(18-12-9-8-11-16(18)2)29(13-14-30)23(33)19(15-20(26)31)28-24(34)35-25(4,5)6/h8-9,11-12,17,19,21,30H,7,10,13-15H2,1-6H3,(H2,26,31)(H,27,32)(H,28,34). The van der Waals surface area contributed by atoms with Crippen LogP contribution in [0.25, 0.3) is 0 Å². The van der Waals surface area contributed by atoms with Gasteiger partial charge in [0.05, 0.1) is 13.0 Å². The maximum Gasteiger partial charge on any atom is 0.408 e. The summed E-state index contributed by atoms with van der Waals surface area (Å²) in [5.41, 5.74) is 5.83. The van der Waals surface area contributed by atoms with E-state index in [0.717, 1.165) is 18.4 Å². The van der Waals surface area contributed by atoms with Crippen molar-refractivity contribution < 1.29 is 29.0 Å². The van der Waals surface area contributed by atoms with Crippen LogP contribution in [0.5, 0.6) is 0 Å². The second kappa shape index (κ2) is 13.7. The van der Waals surface area contributed by atoms with Gasteiger partial charge in [-0.25, -0.2) is 4.79 Å². The van der Waals surface area contributed by atoms with Crippen LogP contribution < -0.4 is 16.4 Å². The van der Waals surface area contributed by atoms with Crippen molar-refractivity contribution in [3.05, 3.63) is 35.4 Å². The Morgan fingerprint density at radius 2 is 1.77 bits per heavy atom. The van der Waals surface area contributed by atoms with Gasteiger partial charge in [0, 0.05) is 12.6 Å². The van der Waals surface area contributed by atoms with Crippen LogP contribution in [0.4, 0.5) is 4.79 Å². The van der Waals surface area contributed by atoms with Crippen LogP contribution in [0, 0.1) is 6.92 Å². The van der Waals surface area contributed by atoms with Crippen LogP contribution in [-0.4, -0.2) is 64.7 Å². The van der Waals surface area contributed by atoms with E-state index in [1.165, 1.54) is 4.90 Å². The lowest BCUT2D eigenvalue weighted by atomic mass is 9.97. The molecular formula is C25H40N4O6. The van der Waals surface area contributed by atoms with E-state index in [2.05, 4.69) is 10.6 Å². The Labute approximate surface area is 207 Å². The van der Waals surface area contributed by atoms with E-state index in [4.69, 9.17) is 10.5 Å². The third-order valence-electron chi connectivity index (χ3n) is 5.17. The third kappa shape index (κ3) is 9.94. The van der Waals surface area contributed by atoms with Crippen LogP contribution >= 0.6 is 0 Å². The molecule has 0 radical (unpaired) electrons. The molecule has 0 bridgehead atoms. The van der Waals surface area contributed by atoms with Crippen LogP contribution in [-0.2, 0) is 19.1 Å². The van der Waals surface area contributed by atoms with Crippen LogP contribution in [0.3, 0.4) is 0 Å². The lowest BCUT2D eigenvalue weighted by molar-refractivity contribution is -0.144. The number of benzene rings is 1. The predicted molar refractivity (Wildman–Crippen MR) is 132 cm³/mol. The van der Waals surface area contributed by atoms with E-state index < -0.39 is 54.5 Å². The number of carbonyl (C=O) groups excluding carboxylic acids is 4. The second-order valence-corrected chi connectivity index (χ2v) is 9.58. The molecule has 0 aromatic heterocycles. The zero-order valence-corrected chi connectivity index (χ0v) is 21.6. The molecule has 0 saturated heterocycles. The number of alkyl carbamates (subject to hydrolysis) is 1. The van der Waals surface area contributed by atoms with E-state index in [1.54, 1.807) is 32.9 Å². The summed E-state index contributed by atoms with van der Waals surface area (Å²) in [5, 5.41) is 15.1. The number of primary amides is 1. The molecule has 4 amide bonds. The van der Waals surface area contributed by atoms with Crippen molar-refractivity contribution in [2.45, 2.75) is 84.5 Å². The molecule has 5 N–H and O–H groups in total. The first-order chi connectivity index (χ1) is 16.3. The lowest BCUT2D eigenvalue weighted by Crippen LogP contribution is -2.55. The fourth-order valence-electron chi connectivity index (χ4n) is 3.70. The van der Waals surface area contributed by atoms with Crippen molar-refractivity contribution >= 4 is 23.8 Å². The van der Waals surface area contributed by atoms with E-state index in [9.17, 15) is 24.3 Å². The van der Waals surface area contributed by atoms with Gasteiger partial charge in [-0.2, -0.15) is 0 Å². The highest BCUT2D eigenvalue weighted by Gasteiger charge is 2.37. The molecule has 1 aromatic carbocycles. The molecule has 35 heavy (non-hydrogen) atoms. The number of aliphatic hydroxyl groups is 1. The Morgan fingerprint density at radius 1 is 1.14 bits per heavy atom. The number of hydrogen-bond donors (Lipinski definition) is 4. The number of aryl methyl sites for hydroxylation is 1. The minimum atomic E-state index is -1.39. The summed E-state index contributed by atoms with van der Waals surface area (Å²) in [6, 6.07) is 4.46. The van der Waals surface area contributed by atoms with Crippen LogP contribution in [0.1, 0.15) is 71.0 Å². The fraction of sp³-hybridized carbons (Fsp3) is 0.600. The Kier molecular flexibility index (Phi) is 11.7. The Morgan fingerprint density at radius 3 is 2.29 bits per heavy atom. The normalized spacial score (nSPS) is 13.8. The molecule has 0 heterocycles.